The van der Waals surface area contributed by atoms with E-state index in [1.807, 2.05) is 6.07 Å². The van der Waals surface area contributed by atoms with Crippen LogP contribution in [-0.2, 0) is 11.2 Å². The van der Waals surface area contributed by atoms with Gasteiger partial charge in [0.25, 0.3) is 0 Å². The van der Waals surface area contributed by atoms with Gasteiger partial charge in [-0.1, -0.05) is 0 Å². The summed E-state index contributed by atoms with van der Waals surface area (Å²) in [6.45, 7) is 1.76. The quantitative estimate of drug-likeness (QED) is 0.833. The number of hydrogen-bond donors (Lipinski definition) is 2. The van der Waals surface area contributed by atoms with Crippen molar-refractivity contribution in [3.63, 3.8) is 0 Å². The van der Waals surface area contributed by atoms with Gasteiger partial charge >= 0.3 is 0 Å². The molecule has 1 saturated heterocycles. The molecule has 3 rings (SSSR count). The maximum absolute atomic E-state index is 11.4. The van der Waals surface area contributed by atoms with E-state index in [9.17, 15) is 9.90 Å². The zero-order valence-electron chi connectivity index (χ0n) is 10.7. The summed E-state index contributed by atoms with van der Waals surface area (Å²) in [5.41, 5.74) is 3.29. The summed E-state index contributed by atoms with van der Waals surface area (Å²) < 4.78 is 1.00. The number of hydrogen-bond acceptors (Lipinski definition) is 3. The Hall–Kier alpha value is -1.07. The highest BCUT2D eigenvalue weighted by Gasteiger charge is 2.22. The Labute approximate surface area is 120 Å². The van der Waals surface area contributed by atoms with E-state index >= 15 is 0 Å². The molecule has 102 valence electrons. The number of carbonyl (C=O) groups is 1. The summed E-state index contributed by atoms with van der Waals surface area (Å²) in [7, 11) is 0. The highest BCUT2D eigenvalue weighted by Crippen LogP contribution is 2.35. The smallest absolute Gasteiger partial charge is 0.224 e. The molecule has 1 fully saturated rings. The van der Waals surface area contributed by atoms with Crippen molar-refractivity contribution in [3.05, 3.63) is 22.2 Å². The van der Waals surface area contributed by atoms with Crippen molar-refractivity contribution in [2.24, 2.45) is 0 Å². The average Bonchev–Trinajstić information content (AvgIpc) is 2.39. The Morgan fingerprint density at radius 2 is 2.00 bits per heavy atom. The fourth-order valence-corrected chi connectivity index (χ4v) is 3.33. The average molecular weight is 325 g/mol. The van der Waals surface area contributed by atoms with Gasteiger partial charge < -0.3 is 15.3 Å². The lowest BCUT2D eigenvalue weighted by Gasteiger charge is -2.33. The zero-order chi connectivity index (χ0) is 13.4. The number of nitrogens with one attached hydrogen (secondary N) is 1. The first-order valence-corrected chi connectivity index (χ1v) is 7.48. The lowest BCUT2D eigenvalue weighted by atomic mass is 10.0. The van der Waals surface area contributed by atoms with Crippen molar-refractivity contribution in [2.75, 3.05) is 23.3 Å². The van der Waals surface area contributed by atoms with Gasteiger partial charge in [-0.3, -0.25) is 4.79 Å². The normalized spacial score (nSPS) is 20.1. The number of carbonyl (C=O) groups excluding carboxylic acids is 1. The van der Waals surface area contributed by atoms with E-state index in [1.54, 1.807) is 0 Å². The molecule has 2 heterocycles. The second kappa shape index (κ2) is 5.13. The van der Waals surface area contributed by atoms with Crippen molar-refractivity contribution in [2.45, 2.75) is 31.8 Å². The van der Waals surface area contributed by atoms with Crippen LogP contribution in [0.3, 0.4) is 0 Å². The fraction of sp³-hybridized carbons (Fsp3) is 0.500. The van der Waals surface area contributed by atoms with Crippen molar-refractivity contribution < 1.29 is 9.90 Å². The number of piperidine rings is 1. The predicted octanol–water partition coefficient (Wildman–Crippen LogP) is 2.29. The molecule has 0 saturated carbocycles. The van der Waals surface area contributed by atoms with Crippen LogP contribution >= 0.6 is 15.9 Å². The third-order valence-corrected chi connectivity index (χ3v) is 4.51. The number of rotatable bonds is 1. The number of anilines is 2. The van der Waals surface area contributed by atoms with Gasteiger partial charge in [-0.25, -0.2) is 0 Å². The van der Waals surface area contributed by atoms with Gasteiger partial charge in [0.05, 0.1) is 11.8 Å². The molecule has 4 nitrogen and oxygen atoms in total. The molecule has 2 N–H and O–H groups in total. The molecular formula is C14H17BrN2O2. The maximum Gasteiger partial charge on any atom is 0.224 e. The zero-order valence-corrected chi connectivity index (χ0v) is 12.2. The van der Waals surface area contributed by atoms with Crippen LogP contribution in [0.25, 0.3) is 0 Å². The summed E-state index contributed by atoms with van der Waals surface area (Å²) in [6, 6.07) is 4.16. The number of fused-ring (bicyclic) bond motifs is 1. The molecule has 0 radical (unpaired) electrons. The molecule has 0 spiro atoms. The van der Waals surface area contributed by atoms with Crippen LogP contribution < -0.4 is 10.2 Å². The van der Waals surface area contributed by atoms with Crippen molar-refractivity contribution in [1.29, 1.82) is 0 Å². The second-order valence-corrected chi connectivity index (χ2v) is 6.08. The van der Waals surface area contributed by atoms with Gasteiger partial charge in [-0.15, -0.1) is 0 Å². The van der Waals surface area contributed by atoms with Crippen LogP contribution in [-0.4, -0.2) is 30.2 Å². The van der Waals surface area contributed by atoms with Crippen LogP contribution in [0, 0.1) is 0 Å². The Morgan fingerprint density at radius 3 is 2.74 bits per heavy atom. The van der Waals surface area contributed by atoms with Crippen LogP contribution in [0.15, 0.2) is 16.6 Å². The number of aliphatic hydroxyl groups is 1. The molecule has 0 atom stereocenters. The Kier molecular flexibility index (Phi) is 3.50. The minimum Gasteiger partial charge on any atom is -0.393 e. The molecule has 2 aliphatic heterocycles. The third kappa shape index (κ3) is 2.62. The third-order valence-electron chi connectivity index (χ3n) is 3.87. The molecule has 1 aromatic rings. The fourth-order valence-electron chi connectivity index (χ4n) is 2.74. The summed E-state index contributed by atoms with van der Waals surface area (Å²) >= 11 is 3.59. The van der Waals surface area contributed by atoms with Crippen molar-refractivity contribution in [1.82, 2.24) is 0 Å². The van der Waals surface area contributed by atoms with Gasteiger partial charge in [0.1, 0.15) is 0 Å². The summed E-state index contributed by atoms with van der Waals surface area (Å²) in [6.07, 6.45) is 2.84. The van der Waals surface area contributed by atoms with Crippen molar-refractivity contribution >= 4 is 33.2 Å². The molecule has 19 heavy (non-hydrogen) atoms. The summed E-state index contributed by atoms with van der Waals surface area (Å²) in [5.74, 6) is 0.0910. The number of aryl methyl sites for hydroxylation is 1. The van der Waals surface area contributed by atoms with Crippen LogP contribution in [0.4, 0.5) is 11.4 Å². The van der Waals surface area contributed by atoms with E-state index in [4.69, 9.17) is 0 Å². The second-order valence-electron chi connectivity index (χ2n) is 5.23. The highest BCUT2D eigenvalue weighted by atomic mass is 79.9. The molecule has 0 aromatic heterocycles. The Balaban J connectivity index is 1.88. The van der Waals surface area contributed by atoms with Gasteiger partial charge in [-0.2, -0.15) is 0 Å². The van der Waals surface area contributed by atoms with E-state index in [0.717, 1.165) is 42.5 Å². The lowest BCUT2D eigenvalue weighted by Crippen LogP contribution is -2.36. The molecule has 0 aliphatic carbocycles. The maximum atomic E-state index is 11.4. The van der Waals surface area contributed by atoms with E-state index in [1.165, 1.54) is 11.3 Å². The van der Waals surface area contributed by atoms with E-state index in [-0.39, 0.29) is 12.0 Å². The molecule has 0 bridgehead atoms. The lowest BCUT2D eigenvalue weighted by molar-refractivity contribution is -0.116. The standard InChI is InChI=1S/C14H17BrN2O2/c15-11-8-12-9(1-2-14(19)16-12)7-13(11)17-5-3-10(18)4-6-17/h7-8,10,18H,1-6H2,(H,16,19). The van der Waals surface area contributed by atoms with E-state index in [0.29, 0.717) is 6.42 Å². The first kappa shape index (κ1) is 12.9. The summed E-state index contributed by atoms with van der Waals surface area (Å²) in [4.78, 5) is 13.7. The van der Waals surface area contributed by atoms with Crippen LogP contribution in [0.2, 0.25) is 0 Å². The Bertz CT molecular complexity index is 510. The summed E-state index contributed by atoms with van der Waals surface area (Å²) in [5, 5.41) is 12.5. The van der Waals surface area contributed by atoms with E-state index in [2.05, 4.69) is 32.2 Å². The number of benzene rings is 1. The molecule has 0 unspecified atom stereocenters. The minimum atomic E-state index is -0.160. The first-order valence-electron chi connectivity index (χ1n) is 6.69. The van der Waals surface area contributed by atoms with Crippen LogP contribution in [0.1, 0.15) is 24.8 Å². The van der Waals surface area contributed by atoms with E-state index < -0.39 is 0 Å². The van der Waals surface area contributed by atoms with Gasteiger partial charge in [0, 0.05) is 29.7 Å². The number of halogens is 1. The Morgan fingerprint density at radius 1 is 1.26 bits per heavy atom. The molecule has 5 heteroatoms. The van der Waals surface area contributed by atoms with Crippen molar-refractivity contribution in [3.8, 4) is 0 Å². The topological polar surface area (TPSA) is 52.6 Å². The first-order chi connectivity index (χ1) is 9.13. The number of aliphatic hydroxyl groups excluding tert-OH is 1. The molecule has 2 aliphatic rings. The predicted molar refractivity (Wildman–Crippen MR) is 78.5 cm³/mol. The molecule has 1 aromatic carbocycles. The van der Waals surface area contributed by atoms with Gasteiger partial charge in [0.2, 0.25) is 5.91 Å². The number of amides is 1. The molecular weight excluding hydrogens is 308 g/mol. The van der Waals surface area contributed by atoms with Gasteiger partial charge in [0.15, 0.2) is 0 Å². The SMILES string of the molecule is O=C1CCc2cc(N3CCC(O)CC3)c(Br)cc2N1. The highest BCUT2D eigenvalue weighted by molar-refractivity contribution is 9.10. The molecule has 1 amide bonds. The largest absolute Gasteiger partial charge is 0.393 e. The van der Waals surface area contributed by atoms with Gasteiger partial charge in [-0.05, 0) is 52.9 Å². The number of nitrogens with zero attached hydrogens (tertiary/aromatic N) is 1. The van der Waals surface area contributed by atoms with Crippen LogP contribution in [0.5, 0.6) is 0 Å². The monoisotopic (exact) mass is 324 g/mol. The minimum absolute atomic E-state index is 0.0910.